The first kappa shape index (κ1) is 20.1. The van der Waals surface area contributed by atoms with Crippen LogP contribution in [0.4, 0.5) is 11.6 Å². The number of anilines is 2. The number of hydrogen-bond donors (Lipinski definition) is 2. The van der Waals surface area contributed by atoms with Gasteiger partial charge in [0.1, 0.15) is 17.3 Å². The maximum atomic E-state index is 10.6. The van der Waals surface area contributed by atoms with Crippen LogP contribution in [0.25, 0.3) is 5.65 Å². The summed E-state index contributed by atoms with van der Waals surface area (Å²) in [6.45, 7) is 7.11. The first-order chi connectivity index (χ1) is 15.0. The number of aliphatic hydroxyl groups is 1. The molecule has 2 atom stereocenters. The molecule has 0 radical (unpaired) electrons. The summed E-state index contributed by atoms with van der Waals surface area (Å²) in [6, 6.07) is 0.691. The van der Waals surface area contributed by atoms with E-state index < -0.39 is 6.23 Å². The number of fused-ring (bicyclic) bond motifs is 1. The summed E-state index contributed by atoms with van der Waals surface area (Å²) in [4.78, 5) is 22.7. The maximum Gasteiger partial charge on any atom is 0.170 e. The minimum atomic E-state index is -0.990. The minimum absolute atomic E-state index is 0.467. The maximum absolute atomic E-state index is 10.6. The van der Waals surface area contributed by atoms with E-state index in [1.807, 2.05) is 30.6 Å². The van der Waals surface area contributed by atoms with Crippen molar-refractivity contribution in [2.24, 2.45) is 5.92 Å². The molecule has 3 aromatic heterocycles. The van der Waals surface area contributed by atoms with E-state index >= 15 is 0 Å². The molecule has 0 aromatic carbocycles. The largest absolute Gasteiger partial charge is 0.368 e. The van der Waals surface area contributed by atoms with Crippen LogP contribution in [0, 0.1) is 19.8 Å². The molecule has 2 aliphatic heterocycles. The zero-order valence-corrected chi connectivity index (χ0v) is 18.4. The fraction of sp³-hybridized carbons (Fsp3) is 0.545. The molecule has 5 rings (SSSR count). The number of imidazole rings is 1. The molecule has 2 saturated heterocycles. The summed E-state index contributed by atoms with van der Waals surface area (Å²) in [6.07, 6.45) is 10.1. The molecule has 2 aliphatic rings. The second-order valence-electron chi connectivity index (χ2n) is 8.88. The van der Waals surface area contributed by atoms with E-state index in [0.717, 1.165) is 35.9 Å². The van der Waals surface area contributed by atoms with Gasteiger partial charge in [0.2, 0.25) is 0 Å². The Bertz CT molecular complexity index is 1060. The number of aliphatic hydroxyl groups excluding tert-OH is 1. The second kappa shape index (κ2) is 8.05. The molecule has 0 aliphatic carbocycles. The van der Waals surface area contributed by atoms with Crippen molar-refractivity contribution in [3.63, 3.8) is 0 Å². The Hall–Kier alpha value is -2.78. The van der Waals surface area contributed by atoms with Crippen molar-refractivity contribution in [1.82, 2.24) is 29.2 Å². The van der Waals surface area contributed by atoms with Gasteiger partial charge in [0.15, 0.2) is 11.9 Å². The van der Waals surface area contributed by atoms with Crippen LogP contribution in [0.5, 0.6) is 0 Å². The SMILES string of the molecule is Cc1cn2cc(NC(O)c3cnc(N4CC(C5CCCCN5C)C4)cn3)nc(C)c2n1. The average Bonchev–Trinajstić information content (AvgIpc) is 3.09. The highest BCUT2D eigenvalue weighted by atomic mass is 16.3. The number of nitrogens with zero attached hydrogens (tertiary/aromatic N) is 7. The van der Waals surface area contributed by atoms with Crippen LogP contribution in [0.2, 0.25) is 0 Å². The molecule has 9 nitrogen and oxygen atoms in total. The summed E-state index contributed by atoms with van der Waals surface area (Å²) < 4.78 is 1.91. The summed E-state index contributed by atoms with van der Waals surface area (Å²) in [5, 5.41) is 13.6. The van der Waals surface area contributed by atoms with Crippen LogP contribution in [-0.4, -0.2) is 67.1 Å². The molecule has 2 N–H and O–H groups in total. The standard InChI is InChI=1S/C22H30N8O/c1-14-10-30-13-19(26-15(2)21(30)25-14)27-22(31)17-8-24-20(9-23-17)29-11-16(12-29)18-6-4-5-7-28(18)3/h8-10,13,16,18,22,27,31H,4-7,11-12H2,1-3H3. The van der Waals surface area contributed by atoms with Gasteiger partial charge in [-0.3, -0.25) is 4.98 Å². The fourth-order valence-corrected chi connectivity index (χ4v) is 4.83. The van der Waals surface area contributed by atoms with Gasteiger partial charge >= 0.3 is 0 Å². The lowest BCUT2D eigenvalue weighted by Gasteiger charge is -2.48. The number of hydrogen-bond acceptors (Lipinski definition) is 8. The molecule has 0 bridgehead atoms. The lowest BCUT2D eigenvalue weighted by atomic mass is 9.85. The molecular formula is C22H30N8O. The van der Waals surface area contributed by atoms with Crippen LogP contribution >= 0.6 is 0 Å². The van der Waals surface area contributed by atoms with E-state index in [1.54, 1.807) is 12.4 Å². The fourth-order valence-electron chi connectivity index (χ4n) is 4.83. The second-order valence-corrected chi connectivity index (χ2v) is 8.88. The molecular weight excluding hydrogens is 392 g/mol. The van der Waals surface area contributed by atoms with Crippen LogP contribution in [0.3, 0.4) is 0 Å². The van der Waals surface area contributed by atoms with Crippen molar-refractivity contribution in [3.8, 4) is 0 Å². The van der Waals surface area contributed by atoms with E-state index in [1.165, 1.54) is 25.8 Å². The highest BCUT2D eigenvalue weighted by molar-refractivity contribution is 5.50. The summed E-state index contributed by atoms with van der Waals surface area (Å²) in [7, 11) is 2.25. The van der Waals surface area contributed by atoms with Gasteiger partial charge in [0.05, 0.1) is 30.0 Å². The van der Waals surface area contributed by atoms with E-state index in [2.05, 4.69) is 42.1 Å². The molecule has 9 heteroatoms. The zero-order valence-electron chi connectivity index (χ0n) is 18.4. The van der Waals surface area contributed by atoms with Crippen LogP contribution < -0.4 is 10.2 Å². The van der Waals surface area contributed by atoms with E-state index in [4.69, 9.17) is 0 Å². The Kier molecular flexibility index (Phi) is 5.23. The molecule has 0 spiro atoms. The molecule has 164 valence electrons. The van der Waals surface area contributed by atoms with Crippen molar-refractivity contribution in [1.29, 1.82) is 0 Å². The van der Waals surface area contributed by atoms with Crippen molar-refractivity contribution < 1.29 is 5.11 Å². The van der Waals surface area contributed by atoms with Gasteiger partial charge in [-0.05, 0) is 40.3 Å². The smallest absolute Gasteiger partial charge is 0.170 e. The predicted molar refractivity (Wildman–Crippen MR) is 119 cm³/mol. The lowest BCUT2D eigenvalue weighted by molar-refractivity contribution is 0.112. The van der Waals surface area contributed by atoms with Crippen molar-refractivity contribution in [2.75, 3.05) is 36.9 Å². The third-order valence-corrected chi connectivity index (χ3v) is 6.55. The molecule has 2 unspecified atom stereocenters. The molecule has 2 fully saturated rings. The highest BCUT2D eigenvalue weighted by Gasteiger charge is 2.37. The number of likely N-dealkylation sites (tertiary alicyclic amines) is 1. The highest BCUT2D eigenvalue weighted by Crippen LogP contribution is 2.31. The number of nitrogens with one attached hydrogen (secondary N) is 1. The number of rotatable bonds is 5. The molecule has 0 saturated carbocycles. The Morgan fingerprint density at radius 1 is 1.10 bits per heavy atom. The quantitative estimate of drug-likeness (QED) is 0.604. The molecule has 31 heavy (non-hydrogen) atoms. The number of piperidine rings is 1. The summed E-state index contributed by atoms with van der Waals surface area (Å²) in [5.41, 5.74) is 3.00. The molecule has 0 amide bonds. The van der Waals surface area contributed by atoms with Crippen LogP contribution in [0.15, 0.2) is 24.8 Å². The average molecular weight is 423 g/mol. The third-order valence-electron chi connectivity index (χ3n) is 6.55. The Labute approximate surface area is 182 Å². The molecule has 3 aromatic rings. The first-order valence-corrected chi connectivity index (χ1v) is 11.0. The first-order valence-electron chi connectivity index (χ1n) is 11.0. The predicted octanol–water partition coefficient (Wildman–Crippen LogP) is 2.16. The Morgan fingerprint density at radius 2 is 1.94 bits per heavy atom. The Morgan fingerprint density at radius 3 is 2.68 bits per heavy atom. The summed E-state index contributed by atoms with van der Waals surface area (Å²) >= 11 is 0. The van der Waals surface area contributed by atoms with Gasteiger partial charge in [-0.1, -0.05) is 6.42 Å². The normalized spacial score (nSPS) is 21.3. The van der Waals surface area contributed by atoms with Gasteiger partial charge in [0.25, 0.3) is 0 Å². The van der Waals surface area contributed by atoms with Crippen molar-refractivity contribution >= 4 is 17.3 Å². The monoisotopic (exact) mass is 422 g/mol. The van der Waals surface area contributed by atoms with E-state index in [9.17, 15) is 5.11 Å². The van der Waals surface area contributed by atoms with Gasteiger partial charge in [0, 0.05) is 31.2 Å². The van der Waals surface area contributed by atoms with Crippen molar-refractivity contribution in [3.05, 3.63) is 41.9 Å². The zero-order chi connectivity index (χ0) is 21.5. The van der Waals surface area contributed by atoms with Gasteiger partial charge in [-0.25, -0.2) is 15.0 Å². The van der Waals surface area contributed by atoms with E-state index in [0.29, 0.717) is 23.5 Å². The van der Waals surface area contributed by atoms with E-state index in [-0.39, 0.29) is 0 Å². The lowest BCUT2D eigenvalue weighted by Crippen LogP contribution is -2.57. The minimum Gasteiger partial charge on any atom is -0.368 e. The van der Waals surface area contributed by atoms with Gasteiger partial charge in [-0.2, -0.15) is 0 Å². The number of aryl methyl sites for hydroxylation is 2. The topological polar surface area (TPSA) is 94.7 Å². The van der Waals surface area contributed by atoms with Gasteiger partial charge < -0.3 is 24.6 Å². The number of aromatic nitrogens is 5. The van der Waals surface area contributed by atoms with Crippen LogP contribution in [0.1, 0.15) is 42.6 Å². The Balaban J connectivity index is 1.21. The van der Waals surface area contributed by atoms with Crippen molar-refractivity contribution in [2.45, 2.75) is 45.4 Å². The van der Waals surface area contributed by atoms with Gasteiger partial charge in [-0.15, -0.1) is 0 Å². The summed E-state index contributed by atoms with van der Waals surface area (Å²) in [5.74, 6) is 2.13. The third kappa shape index (κ3) is 3.95. The molecule has 5 heterocycles. The van der Waals surface area contributed by atoms with Crippen LogP contribution in [-0.2, 0) is 0 Å².